The molecule has 0 spiro atoms. The van der Waals surface area contributed by atoms with Crippen LogP contribution in [-0.2, 0) is 6.61 Å². The SMILES string of the molecule is O=c1c2ccccc2nc(C2CCCCC2)n1N=Cc1cc(Br)c(OCc2ccc(F)cc2)c([N+](=O)[O-])c1. The smallest absolute Gasteiger partial charge is 0.312 e. The maximum absolute atomic E-state index is 13.4. The molecule has 0 unspecified atom stereocenters. The summed E-state index contributed by atoms with van der Waals surface area (Å²) in [6.07, 6.45) is 6.57. The number of fused-ring (bicyclic) bond motifs is 1. The number of hydrogen-bond acceptors (Lipinski definition) is 6. The van der Waals surface area contributed by atoms with Crippen LogP contribution in [0.4, 0.5) is 10.1 Å². The van der Waals surface area contributed by atoms with Gasteiger partial charge in [0.15, 0.2) is 0 Å². The Kier molecular flexibility index (Phi) is 7.59. The Hall–Kier alpha value is -3.92. The molecule has 0 amide bonds. The van der Waals surface area contributed by atoms with E-state index < -0.39 is 4.92 Å². The molecule has 0 saturated heterocycles. The second kappa shape index (κ2) is 11.2. The molecule has 10 heteroatoms. The highest BCUT2D eigenvalue weighted by molar-refractivity contribution is 9.10. The maximum Gasteiger partial charge on any atom is 0.312 e. The van der Waals surface area contributed by atoms with Gasteiger partial charge in [0.1, 0.15) is 18.2 Å². The Morgan fingerprint density at radius 3 is 2.61 bits per heavy atom. The normalized spacial score (nSPS) is 14.3. The van der Waals surface area contributed by atoms with Crippen molar-refractivity contribution in [1.29, 1.82) is 0 Å². The molecule has 0 atom stereocenters. The van der Waals surface area contributed by atoms with Crippen molar-refractivity contribution in [2.24, 2.45) is 5.10 Å². The number of nitro benzene ring substituents is 1. The van der Waals surface area contributed by atoms with Gasteiger partial charge in [0.2, 0.25) is 5.75 Å². The maximum atomic E-state index is 13.4. The lowest BCUT2D eigenvalue weighted by Gasteiger charge is -2.22. The van der Waals surface area contributed by atoms with Crippen LogP contribution in [0.15, 0.2) is 75.0 Å². The largest absolute Gasteiger partial charge is 0.481 e. The number of hydrogen-bond donors (Lipinski definition) is 0. The van der Waals surface area contributed by atoms with Gasteiger partial charge in [0.25, 0.3) is 5.56 Å². The number of benzene rings is 3. The van der Waals surface area contributed by atoms with Gasteiger partial charge in [-0.05, 0) is 64.7 Å². The minimum absolute atomic E-state index is 0.0239. The van der Waals surface area contributed by atoms with E-state index in [4.69, 9.17) is 9.72 Å². The second-order valence-electron chi connectivity index (χ2n) is 9.21. The molecule has 1 aliphatic rings. The van der Waals surface area contributed by atoms with Gasteiger partial charge in [-0.15, -0.1) is 0 Å². The van der Waals surface area contributed by atoms with Crippen molar-refractivity contribution in [3.8, 4) is 5.75 Å². The molecule has 194 valence electrons. The van der Waals surface area contributed by atoms with Crippen LogP contribution >= 0.6 is 15.9 Å². The lowest BCUT2D eigenvalue weighted by molar-refractivity contribution is -0.386. The first-order chi connectivity index (χ1) is 18.4. The molecule has 38 heavy (non-hydrogen) atoms. The van der Waals surface area contributed by atoms with Crippen molar-refractivity contribution in [2.45, 2.75) is 44.6 Å². The van der Waals surface area contributed by atoms with Gasteiger partial charge in [0, 0.05) is 17.5 Å². The summed E-state index contributed by atoms with van der Waals surface area (Å²) < 4.78 is 20.6. The fourth-order valence-electron chi connectivity index (χ4n) is 4.69. The van der Waals surface area contributed by atoms with E-state index in [1.807, 2.05) is 12.1 Å². The molecule has 0 bridgehead atoms. The topological polar surface area (TPSA) is 99.6 Å². The first-order valence-corrected chi connectivity index (χ1v) is 13.1. The number of para-hydroxylation sites is 1. The molecule has 5 rings (SSSR count). The van der Waals surface area contributed by atoms with E-state index in [0.717, 1.165) is 32.1 Å². The van der Waals surface area contributed by atoms with Crippen LogP contribution in [-0.4, -0.2) is 20.8 Å². The summed E-state index contributed by atoms with van der Waals surface area (Å²) in [6.45, 7) is 0.0239. The van der Waals surface area contributed by atoms with Crippen LogP contribution in [0.5, 0.6) is 5.75 Å². The molecule has 3 aromatic carbocycles. The zero-order valence-electron chi connectivity index (χ0n) is 20.3. The summed E-state index contributed by atoms with van der Waals surface area (Å²) in [6, 6.07) is 15.8. The zero-order chi connectivity index (χ0) is 26.6. The van der Waals surface area contributed by atoms with E-state index >= 15 is 0 Å². The van der Waals surface area contributed by atoms with E-state index in [2.05, 4.69) is 21.0 Å². The molecule has 1 saturated carbocycles. The Labute approximate surface area is 226 Å². The third kappa shape index (κ3) is 5.50. The number of nitrogens with zero attached hydrogens (tertiary/aromatic N) is 4. The third-order valence-corrected chi connectivity index (χ3v) is 7.20. The van der Waals surface area contributed by atoms with Crippen LogP contribution < -0.4 is 10.3 Å². The summed E-state index contributed by atoms with van der Waals surface area (Å²) in [7, 11) is 0. The van der Waals surface area contributed by atoms with Crippen LogP contribution in [0.3, 0.4) is 0 Å². The van der Waals surface area contributed by atoms with Crippen molar-refractivity contribution in [1.82, 2.24) is 9.66 Å². The molecular formula is C28H24BrFN4O4. The van der Waals surface area contributed by atoms with Gasteiger partial charge < -0.3 is 4.74 Å². The average molecular weight is 579 g/mol. The van der Waals surface area contributed by atoms with E-state index in [1.54, 1.807) is 30.3 Å². The van der Waals surface area contributed by atoms with Crippen molar-refractivity contribution in [3.63, 3.8) is 0 Å². The lowest BCUT2D eigenvalue weighted by atomic mass is 9.88. The molecule has 1 fully saturated rings. The van der Waals surface area contributed by atoms with Crippen molar-refractivity contribution < 1.29 is 14.1 Å². The Balaban J connectivity index is 1.50. The first-order valence-electron chi connectivity index (χ1n) is 12.3. The van der Waals surface area contributed by atoms with Crippen LogP contribution in [0.2, 0.25) is 0 Å². The van der Waals surface area contributed by atoms with Gasteiger partial charge in [0.05, 0.1) is 26.5 Å². The molecule has 0 N–H and O–H groups in total. The number of aromatic nitrogens is 2. The summed E-state index contributed by atoms with van der Waals surface area (Å²) in [5.74, 6) is 0.389. The summed E-state index contributed by atoms with van der Waals surface area (Å²) in [4.78, 5) is 29.5. The number of rotatable bonds is 7. The van der Waals surface area contributed by atoms with Gasteiger partial charge in [-0.2, -0.15) is 9.78 Å². The number of halogens is 2. The highest BCUT2D eigenvalue weighted by atomic mass is 79.9. The Bertz CT molecular complexity index is 1580. The Morgan fingerprint density at radius 1 is 1.13 bits per heavy atom. The minimum Gasteiger partial charge on any atom is -0.481 e. The summed E-state index contributed by atoms with van der Waals surface area (Å²) in [5.41, 5.74) is 1.16. The molecule has 1 heterocycles. The van der Waals surface area contributed by atoms with E-state index in [-0.39, 0.29) is 35.3 Å². The fourth-order valence-corrected chi connectivity index (χ4v) is 5.27. The molecule has 4 aromatic rings. The molecule has 1 aromatic heterocycles. The number of nitro groups is 1. The van der Waals surface area contributed by atoms with Gasteiger partial charge in [-0.3, -0.25) is 14.9 Å². The zero-order valence-corrected chi connectivity index (χ0v) is 21.9. The van der Waals surface area contributed by atoms with Gasteiger partial charge in [-0.25, -0.2) is 9.37 Å². The Morgan fingerprint density at radius 2 is 1.87 bits per heavy atom. The molecule has 1 aliphatic carbocycles. The standard InChI is InChI=1S/C28H24BrFN4O4/c29-23-14-19(15-25(34(36)37)26(23)38-17-18-10-12-21(30)13-11-18)16-31-33-27(20-6-2-1-3-7-20)32-24-9-5-4-8-22(24)28(33)35/h4-5,8-16,20H,1-3,6-7,17H2. The van der Waals surface area contributed by atoms with Crippen molar-refractivity contribution in [2.75, 3.05) is 0 Å². The van der Waals surface area contributed by atoms with Gasteiger partial charge in [-0.1, -0.05) is 43.5 Å². The van der Waals surface area contributed by atoms with E-state index in [9.17, 15) is 19.3 Å². The van der Waals surface area contributed by atoms with Crippen molar-refractivity contribution >= 4 is 38.7 Å². The molecular weight excluding hydrogens is 555 g/mol. The fraction of sp³-hybridized carbons (Fsp3) is 0.250. The van der Waals surface area contributed by atoms with Crippen LogP contribution in [0, 0.1) is 15.9 Å². The molecule has 8 nitrogen and oxygen atoms in total. The second-order valence-corrected chi connectivity index (χ2v) is 10.1. The summed E-state index contributed by atoms with van der Waals surface area (Å²) in [5, 5.41) is 16.8. The van der Waals surface area contributed by atoms with Gasteiger partial charge >= 0.3 is 5.69 Å². The van der Waals surface area contributed by atoms with E-state index in [1.165, 1.54) is 29.1 Å². The first kappa shape index (κ1) is 25.7. The highest BCUT2D eigenvalue weighted by Crippen LogP contribution is 2.37. The number of ether oxygens (including phenoxy) is 1. The van der Waals surface area contributed by atoms with E-state index in [0.29, 0.717) is 32.3 Å². The van der Waals surface area contributed by atoms with Crippen LogP contribution in [0.25, 0.3) is 10.9 Å². The van der Waals surface area contributed by atoms with Crippen LogP contribution in [0.1, 0.15) is 55.0 Å². The highest BCUT2D eigenvalue weighted by Gasteiger charge is 2.23. The predicted molar refractivity (Wildman–Crippen MR) is 146 cm³/mol. The lowest BCUT2D eigenvalue weighted by Crippen LogP contribution is -2.25. The molecule has 0 aliphatic heterocycles. The van der Waals surface area contributed by atoms with Crippen molar-refractivity contribution in [3.05, 3.63) is 108 Å². The monoisotopic (exact) mass is 578 g/mol. The predicted octanol–water partition coefficient (Wildman–Crippen LogP) is 6.72. The molecule has 0 radical (unpaired) electrons. The third-order valence-electron chi connectivity index (χ3n) is 6.61. The average Bonchev–Trinajstić information content (AvgIpc) is 2.93. The quantitative estimate of drug-likeness (QED) is 0.138. The minimum atomic E-state index is -0.542. The summed E-state index contributed by atoms with van der Waals surface area (Å²) >= 11 is 3.37.